The number of allylic oxidation sites excluding steroid dienone is 1. The predicted octanol–water partition coefficient (Wildman–Crippen LogP) is 4.59. The van der Waals surface area contributed by atoms with Gasteiger partial charge < -0.3 is 15.2 Å². The Morgan fingerprint density at radius 3 is 2.92 bits per heavy atom. The van der Waals surface area contributed by atoms with Crippen molar-refractivity contribution in [1.82, 2.24) is 0 Å². The smallest absolute Gasteiger partial charge is 0.143 e. The molecule has 0 amide bonds. The summed E-state index contributed by atoms with van der Waals surface area (Å²) in [6, 6.07) is 10.3. The van der Waals surface area contributed by atoms with Gasteiger partial charge in [-0.1, -0.05) is 29.8 Å². The third-order valence-corrected chi connectivity index (χ3v) is 4.37. The molecule has 0 fully saturated rings. The maximum absolute atomic E-state index is 14.0. The second-order valence-corrected chi connectivity index (χ2v) is 6.36. The number of hydrogen-bond acceptors (Lipinski definition) is 3. The first kappa shape index (κ1) is 16.8. The summed E-state index contributed by atoms with van der Waals surface area (Å²) in [4.78, 5) is 0. The van der Waals surface area contributed by atoms with Gasteiger partial charge >= 0.3 is 0 Å². The van der Waals surface area contributed by atoms with Crippen LogP contribution in [-0.4, -0.2) is 23.9 Å². The number of ether oxygens (including phenoxy) is 1. The summed E-state index contributed by atoms with van der Waals surface area (Å²) in [7, 11) is 0. The Morgan fingerprint density at radius 2 is 2.21 bits per heavy atom. The molecule has 24 heavy (non-hydrogen) atoms. The van der Waals surface area contributed by atoms with Crippen LogP contribution in [0, 0.1) is 5.82 Å². The van der Waals surface area contributed by atoms with Crippen LogP contribution < -0.4 is 10.1 Å². The van der Waals surface area contributed by atoms with Crippen molar-refractivity contribution < 1.29 is 14.2 Å². The summed E-state index contributed by atoms with van der Waals surface area (Å²) >= 11 is 6.11. The lowest BCUT2D eigenvalue weighted by Crippen LogP contribution is -2.39. The van der Waals surface area contributed by atoms with E-state index in [9.17, 15) is 9.50 Å². The molecule has 0 bridgehead atoms. The minimum atomic E-state index is -0.546. The first-order valence-corrected chi connectivity index (χ1v) is 8.19. The van der Waals surface area contributed by atoms with Gasteiger partial charge in [0, 0.05) is 5.56 Å². The zero-order valence-electron chi connectivity index (χ0n) is 13.5. The summed E-state index contributed by atoms with van der Waals surface area (Å²) in [5.74, 6) is 0.362. The monoisotopic (exact) mass is 347 g/mol. The van der Waals surface area contributed by atoms with Crippen molar-refractivity contribution in [2.24, 2.45) is 0 Å². The molecule has 2 atom stereocenters. The molecule has 126 valence electrons. The topological polar surface area (TPSA) is 41.5 Å². The van der Waals surface area contributed by atoms with Gasteiger partial charge in [0.2, 0.25) is 0 Å². The van der Waals surface area contributed by atoms with E-state index in [0.29, 0.717) is 22.9 Å². The lowest BCUT2D eigenvalue weighted by atomic mass is 10.0. The molecule has 0 radical (unpaired) electrons. The third kappa shape index (κ3) is 3.40. The van der Waals surface area contributed by atoms with Crippen LogP contribution in [0.5, 0.6) is 5.75 Å². The van der Waals surface area contributed by atoms with Crippen molar-refractivity contribution in [3.05, 3.63) is 58.4 Å². The molecule has 0 spiro atoms. The normalized spacial score (nSPS) is 18.4. The van der Waals surface area contributed by atoms with Gasteiger partial charge in [0.15, 0.2) is 0 Å². The second-order valence-electron chi connectivity index (χ2n) is 5.96. The molecule has 0 aromatic heterocycles. The zero-order valence-corrected chi connectivity index (χ0v) is 14.3. The van der Waals surface area contributed by atoms with Gasteiger partial charge in [-0.2, -0.15) is 0 Å². The Labute approximate surface area is 145 Å². The molecule has 0 saturated heterocycles. The van der Waals surface area contributed by atoms with Crippen molar-refractivity contribution in [3.8, 4) is 5.75 Å². The molecule has 2 aromatic carbocycles. The second kappa shape index (κ2) is 6.83. The fraction of sp³-hybridized carbons (Fsp3) is 0.263. The summed E-state index contributed by atoms with van der Waals surface area (Å²) < 4.78 is 19.8. The summed E-state index contributed by atoms with van der Waals surface area (Å²) in [6.45, 7) is 4.07. The molecule has 0 unspecified atom stereocenters. The van der Waals surface area contributed by atoms with Crippen molar-refractivity contribution in [2.75, 3.05) is 11.9 Å². The Balaban J connectivity index is 1.89. The lowest BCUT2D eigenvalue weighted by Gasteiger charge is -2.29. The van der Waals surface area contributed by atoms with Crippen molar-refractivity contribution in [1.29, 1.82) is 0 Å². The van der Waals surface area contributed by atoms with Crippen LogP contribution in [0.2, 0.25) is 5.02 Å². The van der Waals surface area contributed by atoms with E-state index in [0.717, 1.165) is 16.8 Å². The summed E-state index contributed by atoms with van der Waals surface area (Å²) in [5, 5.41) is 13.3. The number of rotatable bonds is 3. The average molecular weight is 348 g/mol. The van der Waals surface area contributed by atoms with Gasteiger partial charge in [0.05, 0.1) is 23.4 Å². The number of halogens is 2. The number of aliphatic hydroxyl groups is 1. The van der Waals surface area contributed by atoms with E-state index >= 15 is 0 Å². The Bertz CT molecular complexity index is 769. The first-order chi connectivity index (χ1) is 11.5. The Kier molecular flexibility index (Phi) is 4.78. The first-order valence-electron chi connectivity index (χ1n) is 7.81. The highest BCUT2D eigenvalue weighted by molar-refractivity contribution is 6.32. The molecule has 5 heteroatoms. The van der Waals surface area contributed by atoms with Crippen molar-refractivity contribution >= 4 is 28.9 Å². The van der Waals surface area contributed by atoms with Crippen LogP contribution in [0.25, 0.3) is 11.6 Å². The van der Waals surface area contributed by atoms with E-state index in [4.69, 9.17) is 16.3 Å². The zero-order chi connectivity index (χ0) is 17.3. The maximum Gasteiger partial charge on any atom is 0.143 e. The van der Waals surface area contributed by atoms with Gasteiger partial charge in [0.1, 0.15) is 17.7 Å². The fourth-order valence-corrected chi connectivity index (χ4v) is 3.07. The number of benzene rings is 2. The quantitative estimate of drug-likeness (QED) is 0.798. The van der Waals surface area contributed by atoms with Crippen LogP contribution in [0.15, 0.2) is 36.4 Å². The molecular weight excluding hydrogens is 329 g/mol. The molecular formula is C19H19ClFNO2. The standard InChI is InChI=1S/C19H19ClFNO2/c1-11(19-14(20)4-3-5-15(19)21)8-13-6-7-17-16(9-13)22-10-18(24-17)12(2)23/h3-9,12,18,22-23H,10H2,1-2H3/t12-,18+/m0/s1. The number of nitrogens with one attached hydrogen (secondary N) is 1. The SMILES string of the molecule is CC(=Cc1ccc2c(c1)NC[C@H]([C@H](C)O)O2)c1c(F)cccc1Cl. The molecule has 2 aromatic rings. The van der Waals surface area contributed by atoms with Crippen LogP contribution in [0.4, 0.5) is 10.1 Å². The van der Waals surface area contributed by atoms with Crippen LogP contribution >= 0.6 is 11.6 Å². The molecule has 0 aliphatic carbocycles. The summed E-state index contributed by atoms with van der Waals surface area (Å²) in [6.07, 6.45) is 1.07. The molecule has 3 rings (SSSR count). The Hall–Kier alpha value is -2.04. The number of aliphatic hydroxyl groups excluding tert-OH is 1. The predicted molar refractivity (Wildman–Crippen MR) is 96.0 cm³/mol. The van der Waals surface area contributed by atoms with Gasteiger partial charge in [0.25, 0.3) is 0 Å². The van der Waals surface area contributed by atoms with Crippen LogP contribution in [-0.2, 0) is 0 Å². The lowest BCUT2D eigenvalue weighted by molar-refractivity contribution is 0.0530. The van der Waals surface area contributed by atoms with Gasteiger partial charge in [-0.05, 0) is 49.2 Å². The van der Waals surface area contributed by atoms with Crippen molar-refractivity contribution in [3.63, 3.8) is 0 Å². The van der Waals surface area contributed by atoms with E-state index in [1.165, 1.54) is 6.07 Å². The minimum Gasteiger partial charge on any atom is -0.484 e. The van der Waals surface area contributed by atoms with Gasteiger partial charge in [-0.15, -0.1) is 0 Å². The van der Waals surface area contributed by atoms with Crippen molar-refractivity contribution in [2.45, 2.75) is 26.1 Å². The highest BCUT2D eigenvalue weighted by atomic mass is 35.5. The maximum atomic E-state index is 14.0. The number of anilines is 1. The van der Waals surface area contributed by atoms with E-state index in [2.05, 4.69) is 5.32 Å². The molecule has 1 aliphatic rings. The molecule has 0 saturated carbocycles. The highest BCUT2D eigenvalue weighted by Crippen LogP contribution is 2.33. The highest BCUT2D eigenvalue weighted by Gasteiger charge is 2.23. The molecule has 1 heterocycles. The van der Waals surface area contributed by atoms with Crippen LogP contribution in [0.1, 0.15) is 25.0 Å². The van der Waals surface area contributed by atoms with E-state index in [1.54, 1.807) is 19.1 Å². The fourth-order valence-electron chi connectivity index (χ4n) is 2.76. The average Bonchev–Trinajstić information content (AvgIpc) is 2.54. The third-order valence-electron chi connectivity index (χ3n) is 4.05. The number of fused-ring (bicyclic) bond motifs is 1. The van der Waals surface area contributed by atoms with Gasteiger partial charge in [-0.3, -0.25) is 0 Å². The molecule has 3 nitrogen and oxygen atoms in total. The largest absolute Gasteiger partial charge is 0.484 e. The minimum absolute atomic E-state index is 0.266. The molecule has 1 aliphatic heterocycles. The Morgan fingerprint density at radius 1 is 1.42 bits per heavy atom. The number of hydrogen-bond donors (Lipinski definition) is 2. The van der Waals surface area contributed by atoms with E-state index in [1.807, 2.05) is 31.2 Å². The summed E-state index contributed by atoms with van der Waals surface area (Å²) in [5.41, 5.74) is 2.93. The van der Waals surface area contributed by atoms with E-state index < -0.39 is 6.10 Å². The molecule has 2 N–H and O–H groups in total. The van der Waals surface area contributed by atoms with Crippen LogP contribution in [0.3, 0.4) is 0 Å². The van der Waals surface area contributed by atoms with E-state index in [-0.39, 0.29) is 11.9 Å². The van der Waals surface area contributed by atoms with Gasteiger partial charge in [-0.25, -0.2) is 4.39 Å².